The number of hydrogen-bond acceptors (Lipinski definition) is 2. The van der Waals surface area contributed by atoms with Crippen molar-refractivity contribution in [3.8, 4) is 0 Å². The van der Waals surface area contributed by atoms with E-state index >= 15 is 0 Å². The van der Waals surface area contributed by atoms with Gasteiger partial charge < -0.3 is 5.32 Å². The molecule has 24 heavy (non-hydrogen) atoms. The van der Waals surface area contributed by atoms with E-state index < -0.39 is 0 Å². The van der Waals surface area contributed by atoms with Gasteiger partial charge in [-0.2, -0.15) is 0 Å². The summed E-state index contributed by atoms with van der Waals surface area (Å²) >= 11 is 0. The second kappa shape index (κ2) is 9.02. The number of benzene rings is 2. The van der Waals surface area contributed by atoms with Crippen molar-refractivity contribution in [3.05, 3.63) is 71.3 Å². The van der Waals surface area contributed by atoms with Gasteiger partial charge in [-0.3, -0.25) is 9.59 Å². The van der Waals surface area contributed by atoms with Gasteiger partial charge in [0.2, 0.25) is 5.91 Å². The van der Waals surface area contributed by atoms with Gasteiger partial charge in [-0.15, -0.1) is 0 Å². The summed E-state index contributed by atoms with van der Waals surface area (Å²) in [5.41, 5.74) is 3.08. The number of nitrogens with one attached hydrogen (secondary N) is 1. The summed E-state index contributed by atoms with van der Waals surface area (Å²) in [7, 11) is 0. The van der Waals surface area contributed by atoms with Crippen LogP contribution in [-0.2, 0) is 11.2 Å². The lowest BCUT2D eigenvalue weighted by atomic mass is 10.0. The standard InChI is InChI=1S/C21H25NO2/c1-3-17-9-11-19(12-10-17)20(23)13-14-21(24)22-15-16(2)18-7-5-4-6-8-18/h4-12,16H,3,13-15H2,1-2H3,(H,22,24). The quantitative estimate of drug-likeness (QED) is 0.742. The second-order valence-electron chi connectivity index (χ2n) is 6.09. The number of carbonyl (C=O) groups is 2. The summed E-state index contributed by atoms with van der Waals surface area (Å²) in [6, 6.07) is 17.7. The van der Waals surface area contributed by atoms with Gasteiger partial charge in [-0.25, -0.2) is 0 Å². The monoisotopic (exact) mass is 323 g/mol. The Balaban J connectivity index is 1.75. The third-order valence-corrected chi connectivity index (χ3v) is 4.24. The largest absolute Gasteiger partial charge is 0.355 e. The molecule has 3 nitrogen and oxygen atoms in total. The molecule has 3 heteroatoms. The van der Waals surface area contributed by atoms with Crippen molar-refractivity contribution >= 4 is 11.7 Å². The van der Waals surface area contributed by atoms with Crippen molar-refractivity contribution in [2.45, 2.75) is 39.0 Å². The normalized spacial score (nSPS) is 11.8. The molecule has 0 aromatic heterocycles. The molecule has 126 valence electrons. The van der Waals surface area contributed by atoms with Crippen LogP contribution in [0.4, 0.5) is 0 Å². The Morgan fingerprint density at radius 3 is 2.25 bits per heavy atom. The molecule has 0 saturated heterocycles. The first-order valence-electron chi connectivity index (χ1n) is 8.54. The lowest BCUT2D eigenvalue weighted by Crippen LogP contribution is -2.27. The van der Waals surface area contributed by atoms with E-state index in [0.29, 0.717) is 12.1 Å². The number of Topliss-reactive ketones (excluding diaryl/α,β-unsaturated/α-hetero) is 1. The van der Waals surface area contributed by atoms with Crippen molar-refractivity contribution in [2.24, 2.45) is 0 Å². The maximum absolute atomic E-state index is 12.1. The molecular formula is C21H25NO2. The maximum atomic E-state index is 12.1. The van der Waals surface area contributed by atoms with E-state index in [4.69, 9.17) is 0 Å². The van der Waals surface area contributed by atoms with Gasteiger partial charge >= 0.3 is 0 Å². The minimum absolute atomic E-state index is 0.0175. The third kappa shape index (κ3) is 5.34. The van der Waals surface area contributed by atoms with Gasteiger partial charge in [0, 0.05) is 24.9 Å². The second-order valence-corrected chi connectivity index (χ2v) is 6.09. The molecule has 0 radical (unpaired) electrons. The molecular weight excluding hydrogens is 298 g/mol. The predicted octanol–water partition coefficient (Wildman–Crippen LogP) is 4.13. The summed E-state index contributed by atoms with van der Waals surface area (Å²) in [5, 5.41) is 2.91. The molecule has 1 N–H and O–H groups in total. The Hall–Kier alpha value is -2.42. The predicted molar refractivity (Wildman–Crippen MR) is 97.3 cm³/mol. The molecule has 1 unspecified atom stereocenters. The van der Waals surface area contributed by atoms with Crippen LogP contribution in [0.15, 0.2) is 54.6 Å². The number of hydrogen-bond donors (Lipinski definition) is 1. The van der Waals surface area contributed by atoms with Crippen LogP contribution < -0.4 is 5.32 Å². The van der Waals surface area contributed by atoms with Crippen LogP contribution in [0.25, 0.3) is 0 Å². The van der Waals surface area contributed by atoms with Crippen molar-refractivity contribution < 1.29 is 9.59 Å². The molecule has 1 atom stereocenters. The average Bonchev–Trinajstić information content (AvgIpc) is 2.64. The SMILES string of the molecule is CCc1ccc(C(=O)CCC(=O)NCC(C)c2ccccc2)cc1. The first kappa shape index (κ1) is 17.9. The number of aryl methyl sites for hydroxylation is 1. The Morgan fingerprint density at radius 2 is 1.62 bits per heavy atom. The zero-order chi connectivity index (χ0) is 17.4. The third-order valence-electron chi connectivity index (χ3n) is 4.24. The van der Waals surface area contributed by atoms with Crippen LogP contribution in [-0.4, -0.2) is 18.2 Å². The molecule has 0 heterocycles. The minimum Gasteiger partial charge on any atom is -0.355 e. The molecule has 0 aliphatic carbocycles. The number of ketones is 1. The van der Waals surface area contributed by atoms with Crippen molar-refractivity contribution in [1.29, 1.82) is 0 Å². The van der Waals surface area contributed by atoms with Crippen molar-refractivity contribution in [3.63, 3.8) is 0 Å². The number of amides is 1. The lowest BCUT2D eigenvalue weighted by molar-refractivity contribution is -0.121. The molecule has 2 aromatic rings. The van der Waals surface area contributed by atoms with Crippen LogP contribution >= 0.6 is 0 Å². The van der Waals surface area contributed by atoms with Gasteiger partial charge in [0.25, 0.3) is 0 Å². The Kier molecular flexibility index (Phi) is 6.74. The van der Waals surface area contributed by atoms with Crippen molar-refractivity contribution in [2.75, 3.05) is 6.54 Å². The summed E-state index contributed by atoms with van der Waals surface area (Å²) in [4.78, 5) is 24.1. The molecule has 0 bridgehead atoms. The molecule has 0 fully saturated rings. The fourth-order valence-electron chi connectivity index (χ4n) is 2.55. The van der Waals surface area contributed by atoms with Gasteiger partial charge in [0.1, 0.15) is 0 Å². The zero-order valence-corrected chi connectivity index (χ0v) is 14.4. The van der Waals surface area contributed by atoms with E-state index in [-0.39, 0.29) is 30.4 Å². The van der Waals surface area contributed by atoms with Crippen LogP contribution in [0, 0.1) is 0 Å². The zero-order valence-electron chi connectivity index (χ0n) is 14.4. The fourth-order valence-corrected chi connectivity index (χ4v) is 2.55. The maximum Gasteiger partial charge on any atom is 0.220 e. The van der Waals surface area contributed by atoms with E-state index in [1.165, 1.54) is 11.1 Å². The smallest absolute Gasteiger partial charge is 0.220 e. The summed E-state index contributed by atoms with van der Waals surface area (Å²) in [6.07, 6.45) is 1.43. The van der Waals surface area contributed by atoms with Gasteiger partial charge in [-0.1, -0.05) is 68.4 Å². The molecule has 2 aromatic carbocycles. The molecule has 0 spiro atoms. The number of rotatable bonds is 8. The van der Waals surface area contributed by atoms with E-state index in [1.54, 1.807) is 0 Å². The average molecular weight is 323 g/mol. The lowest BCUT2D eigenvalue weighted by Gasteiger charge is -2.13. The fraction of sp³-hybridized carbons (Fsp3) is 0.333. The molecule has 0 aliphatic rings. The Labute approximate surface area is 144 Å². The highest BCUT2D eigenvalue weighted by molar-refractivity contribution is 5.97. The van der Waals surface area contributed by atoms with Gasteiger partial charge in [-0.05, 0) is 23.5 Å². The molecule has 1 amide bonds. The topological polar surface area (TPSA) is 46.2 Å². The van der Waals surface area contributed by atoms with Crippen LogP contribution in [0.3, 0.4) is 0 Å². The van der Waals surface area contributed by atoms with Crippen LogP contribution in [0.1, 0.15) is 54.1 Å². The highest BCUT2D eigenvalue weighted by Crippen LogP contribution is 2.13. The molecule has 2 rings (SSSR count). The number of carbonyl (C=O) groups excluding carboxylic acids is 2. The highest BCUT2D eigenvalue weighted by atomic mass is 16.2. The van der Waals surface area contributed by atoms with E-state index in [0.717, 1.165) is 6.42 Å². The van der Waals surface area contributed by atoms with E-state index in [2.05, 4.69) is 31.3 Å². The summed E-state index contributed by atoms with van der Waals surface area (Å²) in [5.74, 6) is 0.202. The van der Waals surface area contributed by atoms with Crippen LogP contribution in [0.2, 0.25) is 0 Å². The Bertz CT molecular complexity index is 662. The van der Waals surface area contributed by atoms with Crippen molar-refractivity contribution in [1.82, 2.24) is 5.32 Å². The molecule has 0 saturated carbocycles. The Morgan fingerprint density at radius 1 is 0.958 bits per heavy atom. The van der Waals surface area contributed by atoms with Gasteiger partial charge in [0.15, 0.2) is 5.78 Å². The van der Waals surface area contributed by atoms with E-state index in [1.807, 2.05) is 42.5 Å². The minimum atomic E-state index is -0.0729. The van der Waals surface area contributed by atoms with Crippen LogP contribution in [0.5, 0.6) is 0 Å². The first-order chi connectivity index (χ1) is 11.6. The summed E-state index contributed by atoms with van der Waals surface area (Å²) < 4.78 is 0. The molecule has 0 aliphatic heterocycles. The first-order valence-corrected chi connectivity index (χ1v) is 8.54. The summed E-state index contributed by atoms with van der Waals surface area (Å²) in [6.45, 7) is 4.75. The highest BCUT2D eigenvalue weighted by Gasteiger charge is 2.11. The van der Waals surface area contributed by atoms with E-state index in [9.17, 15) is 9.59 Å². The van der Waals surface area contributed by atoms with Gasteiger partial charge in [0.05, 0.1) is 0 Å².